The average Bonchev–Trinajstić information content (AvgIpc) is 2.70. The number of amides is 1. The minimum Gasteiger partial charge on any atom is -0.368 e. The average molecular weight is 222 g/mol. The van der Waals surface area contributed by atoms with Crippen LogP contribution >= 0.6 is 0 Å². The molecule has 0 saturated carbocycles. The van der Waals surface area contributed by atoms with Crippen molar-refractivity contribution in [2.45, 2.75) is 44.7 Å². The Morgan fingerprint density at radius 3 is 2.88 bits per heavy atom. The number of carbonyl (C=O) groups is 1. The van der Waals surface area contributed by atoms with E-state index in [4.69, 9.17) is 11.5 Å². The molecule has 0 saturated heterocycles. The number of aryl methyl sites for hydroxylation is 1. The van der Waals surface area contributed by atoms with Gasteiger partial charge in [-0.1, -0.05) is 0 Å². The summed E-state index contributed by atoms with van der Waals surface area (Å²) in [6.45, 7) is 1.91. The van der Waals surface area contributed by atoms with Crippen molar-refractivity contribution in [3.63, 3.8) is 0 Å². The summed E-state index contributed by atoms with van der Waals surface area (Å²) in [7, 11) is 0. The summed E-state index contributed by atoms with van der Waals surface area (Å²) in [5.74, 6) is -0.467. The molecule has 1 aliphatic carbocycles. The van der Waals surface area contributed by atoms with Crippen molar-refractivity contribution in [1.82, 2.24) is 9.55 Å². The van der Waals surface area contributed by atoms with Gasteiger partial charge in [-0.2, -0.15) is 0 Å². The van der Waals surface area contributed by atoms with E-state index < -0.39 is 11.9 Å². The molecule has 0 spiro atoms. The maximum absolute atomic E-state index is 11.1. The van der Waals surface area contributed by atoms with Crippen LogP contribution in [-0.4, -0.2) is 21.5 Å². The van der Waals surface area contributed by atoms with E-state index in [1.54, 1.807) is 6.33 Å². The van der Waals surface area contributed by atoms with Gasteiger partial charge in [0, 0.05) is 5.69 Å². The highest BCUT2D eigenvalue weighted by Crippen LogP contribution is 2.23. The number of imidazole rings is 1. The van der Waals surface area contributed by atoms with Gasteiger partial charge in [0.05, 0.1) is 18.1 Å². The van der Waals surface area contributed by atoms with Crippen LogP contribution in [-0.2, 0) is 17.6 Å². The zero-order valence-corrected chi connectivity index (χ0v) is 9.52. The lowest BCUT2D eigenvalue weighted by Crippen LogP contribution is -2.42. The molecule has 1 aromatic rings. The molecule has 2 rings (SSSR count). The number of primary amides is 1. The molecule has 1 heterocycles. The number of nitrogens with zero attached hydrogens (tertiary/aromatic N) is 2. The molecule has 1 aliphatic rings. The minimum atomic E-state index is -0.653. The van der Waals surface area contributed by atoms with Gasteiger partial charge in [0.15, 0.2) is 0 Å². The van der Waals surface area contributed by atoms with E-state index in [0.29, 0.717) is 0 Å². The maximum atomic E-state index is 11.1. The first-order valence-electron chi connectivity index (χ1n) is 5.70. The Morgan fingerprint density at radius 1 is 1.50 bits per heavy atom. The van der Waals surface area contributed by atoms with Crippen molar-refractivity contribution in [3.8, 4) is 0 Å². The number of hydrogen-bond acceptors (Lipinski definition) is 3. The van der Waals surface area contributed by atoms with E-state index in [1.165, 1.54) is 18.5 Å². The van der Waals surface area contributed by atoms with Crippen LogP contribution < -0.4 is 11.5 Å². The van der Waals surface area contributed by atoms with Gasteiger partial charge in [0.1, 0.15) is 6.04 Å². The van der Waals surface area contributed by atoms with Gasteiger partial charge in [0.2, 0.25) is 5.91 Å². The van der Waals surface area contributed by atoms with Crippen molar-refractivity contribution in [1.29, 1.82) is 0 Å². The smallest absolute Gasteiger partial charge is 0.236 e. The van der Waals surface area contributed by atoms with E-state index in [-0.39, 0.29) is 6.04 Å². The van der Waals surface area contributed by atoms with Gasteiger partial charge in [-0.3, -0.25) is 4.79 Å². The summed E-state index contributed by atoms with van der Waals surface area (Å²) in [5, 5.41) is 0. The quantitative estimate of drug-likeness (QED) is 0.762. The second-order valence-corrected chi connectivity index (χ2v) is 4.42. The molecular formula is C11H18N4O. The minimum absolute atomic E-state index is 0.119. The Bertz CT molecular complexity index is 399. The lowest BCUT2D eigenvalue weighted by Gasteiger charge is -2.22. The zero-order chi connectivity index (χ0) is 11.7. The summed E-state index contributed by atoms with van der Waals surface area (Å²) >= 11 is 0. The molecule has 5 nitrogen and oxygen atoms in total. The van der Waals surface area contributed by atoms with Gasteiger partial charge in [-0.05, 0) is 32.6 Å². The van der Waals surface area contributed by atoms with E-state index >= 15 is 0 Å². The topological polar surface area (TPSA) is 86.9 Å². The van der Waals surface area contributed by atoms with Crippen LogP contribution in [0.15, 0.2) is 6.33 Å². The van der Waals surface area contributed by atoms with E-state index in [0.717, 1.165) is 18.5 Å². The number of carbonyl (C=O) groups excluding carboxylic acids is 1. The van der Waals surface area contributed by atoms with E-state index in [2.05, 4.69) is 4.98 Å². The third-order valence-electron chi connectivity index (χ3n) is 3.35. The molecule has 1 amide bonds. The molecule has 88 valence electrons. The molecular weight excluding hydrogens is 204 g/mol. The van der Waals surface area contributed by atoms with Crippen LogP contribution in [0.5, 0.6) is 0 Å². The highest BCUT2D eigenvalue weighted by molar-refractivity contribution is 5.80. The largest absolute Gasteiger partial charge is 0.368 e. The molecule has 0 fully saturated rings. The van der Waals surface area contributed by atoms with Gasteiger partial charge in [-0.25, -0.2) is 4.98 Å². The lowest BCUT2D eigenvalue weighted by molar-refractivity contribution is -0.120. The van der Waals surface area contributed by atoms with E-state index in [1.807, 2.05) is 11.5 Å². The second-order valence-electron chi connectivity index (χ2n) is 4.42. The van der Waals surface area contributed by atoms with Crippen molar-refractivity contribution < 1.29 is 4.79 Å². The maximum Gasteiger partial charge on any atom is 0.236 e. The lowest BCUT2D eigenvalue weighted by atomic mass is 10.00. The first-order chi connectivity index (χ1) is 7.61. The van der Waals surface area contributed by atoms with Crippen LogP contribution in [0.3, 0.4) is 0 Å². The fourth-order valence-electron chi connectivity index (χ4n) is 2.25. The number of hydrogen-bond donors (Lipinski definition) is 2. The molecule has 2 atom stereocenters. The van der Waals surface area contributed by atoms with E-state index in [9.17, 15) is 4.79 Å². The normalized spacial score (nSPS) is 18.9. The van der Waals surface area contributed by atoms with Gasteiger partial charge < -0.3 is 16.0 Å². The fourth-order valence-corrected chi connectivity index (χ4v) is 2.25. The number of fused-ring (bicyclic) bond motifs is 1. The van der Waals surface area contributed by atoms with Crippen LogP contribution in [0.25, 0.3) is 0 Å². The van der Waals surface area contributed by atoms with Gasteiger partial charge >= 0.3 is 0 Å². The third kappa shape index (κ3) is 1.82. The summed E-state index contributed by atoms with van der Waals surface area (Å²) in [4.78, 5) is 15.4. The van der Waals surface area contributed by atoms with Gasteiger partial charge in [-0.15, -0.1) is 0 Å². The Hall–Kier alpha value is -1.36. The predicted octanol–water partition coefficient (Wildman–Crippen LogP) is 0.135. The first-order valence-corrected chi connectivity index (χ1v) is 5.70. The molecule has 0 bridgehead atoms. The number of rotatable bonds is 3. The Labute approximate surface area is 94.8 Å². The first kappa shape index (κ1) is 11.1. The Morgan fingerprint density at radius 2 is 2.19 bits per heavy atom. The van der Waals surface area contributed by atoms with Gasteiger partial charge in [0.25, 0.3) is 0 Å². The van der Waals surface area contributed by atoms with Crippen molar-refractivity contribution in [2.24, 2.45) is 11.5 Å². The summed E-state index contributed by atoms with van der Waals surface area (Å²) in [6.07, 6.45) is 6.20. The second kappa shape index (κ2) is 4.25. The molecule has 0 aliphatic heterocycles. The highest BCUT2D eigenvalue weighted by Gasteiger charge is 2.24. The van der Waals surface area contributed by atoms with Crippen molar-refractivity contribution >= 4 is 5.91 Å². The zero-order valence-electron chi connectivity index (χ0n) is 9.52. The standard InChI is InChI=1S/C11H18N4O/c1-7(10(12)11(13)16)15-6-14-8-4-2-3-5-9(8)15/h6-7,10H,2-5,12H2,1H3,(H2,13,16). The SMILES string of the molecule is CC(C(N)C(N)=O)n1cnc2c1CCCC2. The third-order valence-corrected chi connectivity index (χ3v) is 3.35. The summed E-state index contributed by atoms with van der Waals surface area (Å²) in [5.41, 5.74) is 13.3. The number of aromatic nitrogens is 2. The molecule has 16 heavy (non-hydrogen) atoms. The molecule has 2 unspecified atom stereocenters. The van der Waals surface area contributed by atoms with Crippen molar-refractivity contribution in [2.75, 3.05) is 0 Å². The highest BCUT2D eigenvalue weighted by atomic mass is 16.1. The van der Waals surface area contributed by atoms with Crippen LogP contribution in [0, 0.1) is 0 Å². The molecule has 0 aromatic carbocycles. The van der Waals surface area contributed by atoms with Crippen LogP contribution in [0.1, 0.15) is 37.2 Å². The number of nitrogens with two attached hydrogens (primary N) is 2. The van der Waals surface area contributed by atoms with Crippen LogP contribution in [0.4, 0.5) is 0 Å². The van der Waals surface area contributed by atoms with Crippen LogP contribution in [0.2, 0.25) is 0 Å². The Balaban J connectivity index is 2.26. The summed E-state index contributed by atoms with van der Waals surface area (Å²) in [6, 6.07) is -0.771. The fraction of sp³-hybridized carbons (Fsp3) is 0.636. The molecule has 4 N–H and O–H groups in total. The summed E-state index contributed by atoms with van der Waals surface area (Å²) < 4.78 is 2.00. The predicted molar refractivity (Wildman–Crippen MR) is 60.7 cm³/mol. The molecule has 1 aromatic heterocycles. The molecule has 0 radical (unpaired) electrons. The van der Waals surface area contributed by atoms with Crippen molar-refractivity contribution in [3.05, 3.63) is 17.7 Å². The molecule has 5 heteroatoms. The monoisotopic (exact) mass is 222 g/mol. The Kier molecular flexibility index (Phi) is 2.96.